The number of aromatic nitrogens is 1. The summed E-state index contributed by atoms with van der Waals surface area (Å²) in [6.07, 6.45) is 0.0963. The first-order valence-corrected chi connectivity index (χ1v) is 6.58. The molecular formula is C13H11ClFNOS. The Labute approximate surface area is 113 Å². The van der Waals surface area contributed by atoms with E-state index in [1.165, 1.54) is 29.5 Å². The maximum absolute atomic E-state index is 13.1. The number of thiazole rings is 1. The number of carbonyl (C=O) groups excluding carboxylic acids is 1. The van der Waals surface area contributed by atoms with Gasteiger partial charge in [-0.15, -0.1) is 11.3 Å². The lowest BCUT2D eigenvalue weighted by atomic mass is 10.1. The summed E-state index contributed by atoms with van der Waals surface area (Å²) in [4.78, 5) is 16.9. The van der Waals surface area contributed by atoms with E-state index in [-0.39, 0.29) is 18.0 Å². The van der Waals surface area contributed by atoms with Crippen LogP contribution in [0.15, 0.2) is 18.2 Å². The summed E-state index contributed by atoms with van der Waals surface area (Å²) < 4.78 is 13.1. The fourth-order valence-electron chi connectivity index (χ4n) is 1.72. The normalized spacial score (nSPS) is 10.7. The van der Waals surface area contributed by atoms with E-state index < -0.39 is 0 Å². The molecule has 0 bridgehead atoms. The first-order chi connectivity index (χ1) is 8.47. The Hall–Kier alpha value is -1.26. The Kier molecular flexibility index (Phi) is 3.78. The molecule has 0 amide bonds. The number of rotatable bonds is 3. The topological polar surface area (TPSA) is 30.0 Å². The molecule has 0 saturated heterocycles. The van der Waals surface area contributed by atoms with Gasteiger partial charge in [0.1, 0.15) is 5.82 Å². The van der Waals surface area contributed by atoms with Crippen LogP contribution in [-0.2, 0) is 6.42 Å². The molecule has 18 heavy (non-hydrogen) atoms. The van der Waals surface area contributed by atoms with E-state index in [1.807, 2.05) is 6.92 Å². The van der Waals surface area contributed by atoms with Crippen molar-refractivity contribution in [2.24, 2.45) is 0 Å². The SMILES string of the molecule is Cc1nc(C)c(C(=O)Cc2cc(F)ccc2Cl)s1. The van der Waals surface area contributed by atoms with Crippen LogP contribution in [-0.4, -0.2) is 10.8 Å². The van der Waals surface area contributed by atoms with Crippen LogP contribution in [0, 0.1) is 19.7 Å². The van der Waals surface area contributed by atoms with Gasteiger partial charge < -0.3 is 0 Å². The van der Waals surface area contributed by atoms with Gasteiger partial charge in [0.25, 0.3) is 0 Å². The number of ketones is 1. The van der Waals surface area contributed by atoms with E-state index in [4.69, 9.17) is 11.6 Å². The van der Waals surface area contributed by atoms with Crippen molar-refractivity contribution in [2.45, 2.75) is 20.3 Å². The molecule has 2 rings (SSSR count). The zero-order chi connectivity index (χ0) is 13.3. The maximum Gasteiger partial charge on any atom is 0.179 e. The van der Waals surface area contributed by atoms with Gasteiger partial charge in [-0.05, 0) is 37.6 Å². The second-order valence-corrected chi connectivity index (χ2v) is 5.59. The minimum Gasteiger partial charge on any atom is -0.293 e. The molecular weight excluding hydrogens is 273 g/mol. The predicted molar refractivity (Wildman–Crippen MR) is 71.0 cm³/mol. The van der Waals surface area contributed by atoms with Crippen molar-refractivity contribution in [1.29, 1.82) is 0 Å². The molecule has 0 N–H and O–H groups in total. The highest BCUT2D eigenvalue weighted by Gasteiger charge is 2.16. The van der Waals surface area contributed by atoms with Crippen LogP contribution in [0.1, 0.15) is 25.9 Å². The first-order valence-electron chi connectivity index (χ1n) is 5.38. The molecule has 1 aromatic carbocycles. The third-order valence-corrected chi connectivity index (χ3v) is 4.00. The number of Topliss-reactive ketones (excluding diaryl/α,β-unsaturated/α-hetero) is 1. The number of hydrogen-bond acceptors (Lipinski definition) is 3. The highest BCUT2D eigenvalue weighted by molar-refractivity contribution is 7.13. The number of aryl methyl sites for hydroxylation is 2. The molecule has 5 heteroatoms. The molecule has 0 fully saturated rings. The largest absolute Gasteiger partial charge is 0.293 e. The van der Waals surface area contributed by atoms with Gasteiger partial charge in [-0.25, -0.2) is 9.37 Å². The van der Waals surface area contributed by atoms with Crippen LogP contribution in [0.4, 0.5) is 4.39 Å². The second-order valence-electron chi connectivity index (χ2n) is 3.98. The molecule has 0 radical (unpaired) electrons. The predicted octanol–water partition coefficient (Wildman–Crippen LogP) is 3.98. The number of halogens is 2. The number of benzene rings is 1. The Morgan fingerprint density at radius 1 is 1.44 bits per heavy atom. The minimum absolute atomic E-state index is 0.0781. The molecule has 94 valence electrons. The fraction of sp³-hybridized carbons (Fsp3) is 0.231. The quantitative estimate of drug-likeness (QED) is 0.798. The van der Waals surface area contributed by atoms with Crippen molar-refractivity contribution in [3.63, 3.8) is 0 Å². The van der Waals surface area contributed by atoms with Crippen LogP contribution in [0.2, 0.25) is 5.02 Å². The van der Waals surface area contributed by atoms with Gasteiger partial charge in [-0.1, -0.05) is 11.6 Å². The van der Waals surface area contributed by atoms with Gasteiger partial charge in [0.2, 0.25) is 0 Å². The van der Waals surface area contributed by atoms with Crippen LogP contribution in [0.3, 0.4) is 0 Å². The number of hydrogen-bond donors (Lipinski definition) is 0. The molecule has 2 nitrogen and oxygen atoms in total. The van der Waals surface area contributed by atoms with Crippen molar-refractivity contribution < 1.29 is 9.18 Å². The van der Waals surface area contributed by atoms with E-state index in [0.29, 0.717) is 15.5 Å². The summed E-state index contributed by atoms with van der Waals surface area (Å²) in [5.41, 5.74) is 1.22. The van der Waals surface area contributed by atoms with Gasteiger partial charge in [0.05, 0.1) is 15.6 Å². The summed E-state index contributed by atoms with van der Waals surface area (Å²) >= 11 is 7.30. The average molecular weight is 284 g/mol. The van der Waals surface area contributed by atoms with E-state index >= 15 is 0 Å². The monoisotopic (exact) mass is 283 g/mol. The van der Waals surface area contributed by atoms with Crippen molar-refractivity contribution in [2.75, 3.05) is 0 Å². The standard InChI is InChI=1S/C13H11ClFNOS/c1-7-13(18-8(2)16-7)12(17)6-9-5-10(15)3-4-11(9)14/h3-5H,6H2,1-2H3. The Morgan fingerprint density at radius 2 is 2.17 bits per heavy atom. The zero-order valence-corrected chi connectivity index (χ0v) is 11.5. The first kappa shape index (κ1) is 13.2. The van der Waals surface area contributed by atoms with Crippen LogP contribution < -0.4 is 0 Å². The summed E-state index contributed by atoms with van der Waals surface area (Å²) in [6.45, 7) is 3.65. The molecule has 2 aromatic rings. The van der Waals surface area contributed by atoms with Gasteiger partial charge in [-0.2, -0.15) is 0 Å². The third-order valence-electron chi connectivity index (χ3n) is 2.52. The number of nitrogens with zero attached hydrogens (tertiary/aromatic N) is 1. The maximum atomic E-state index is 13.1. The molecule has 0 unspecified atom stereocenters. The van der Waals surface area contributed by atoms with Gasteiger partial charge in [-0.3, -0.25) is 4.79 Å². The van der Waals surface area contributed by atoms with E-state index in [1.54, 1.807) is 6.92 Å². The highest BCUT2D eigenvalue weighted by Crippen LogP contribution is 2.23. The number of carbonyl (C=O) groups is 1. The molecule has 0 saturated carbocycles. The Morgan fingerprint density at radius 3 is 2.78 bits per heavy atom. The Balaban J connectivity index is 2.26. The average Bonchev–Trinajstić information content (AvgIpc) is 2.63. The lowest BCUT2D eigenvalue weighted by Crippen LogP contribution is -2.04. The molecule has 0 aliphatic rings. The summed E-state index contributed by atoms with van der Waals surface area (Å²) in [6, 6.07) is 4.03. The smallest absolute Gasteiger partial charge is 0.179 e. The molecule has 0 aliphatic heterocycles. The fourth-order valence-corrected chi connectivity index (χ4v) is 2.76. The lowest BCUT2D eigenvalue weighted by Gasteiger charge is -2.03. The van der Waals surface area contributed by atoms with Gasteiger partial charge in [0, 0.05) is 11.4 Å². The van der Waals surface area contributed by atoms with E-state index in [9.17, 15) is 9.18 Å². The summed E-state index contributed by atoms with van der Waals surface area (Å²) in [7, 11) is 0. The summed E-state index contributed by atoms with van der Waals surface area (Å²) in [5.74, 6) is -0.468. The van der Waals surface area contributed by atoms with Crippen molar-refractivity contribution >= 4 is 28.7 Å². The van der Waals surface area contributed by atoms with Crippen LogP contribution in [0.5, 0.6) is 0 Å². The van der Waals surface area contributed by atoms with E-state index in [2.05, 4.69) is 4.98 Å². The van der Waals surface area contributed by atoms with Crippen molar-refractivity contribution in [1.82, 2.24) is 4.98 Å². The van der Waals surface area contributed by atoms with Crippen LogP contribution in [0.25, 0.3) is 0 Å². The van der Waals surface area contributed by atoms with Crippen molar-refractivity contribution in [3.8, 4) is 0 Å². The van der Waals surface area contributed by atoms with E-state index in [0.717, 1.165) is 10.7 Å². The summed E-state index contributed by atoms with van der Waals surface area (Å²) in [5, 5.41) is 1.25. The highest BCUT2D eigenvalue weighted by atomic mass is 35.5. The molecule has 0 spiro atoms. The van der Waals surface area contributed by atoms with Crippen molar-refractivity contribution in [3.05, 3.63) is 50.2 Å². The van der Waals surface area contributed by atoms with Gasteiger partial charge in [0.15, 0.2) is 5.78 Å². The molecule has 0 atom stereocenters. The van der Waals surface area contributed by atoms with Crippen LogP contribution >= 0.6 is 22.9 Å². The molecule has 0 aliphatic carbocycles. The van der Waals surface area contributed by atoms with Gasteiger partial charge >= 0.3 is 0 Å². The zero-order valence-electron chi connectivity index (χ0n) is 9.96. The lowest BCUT2D eigenvalue weighted by molar-refractivity contribution is 0.0996. The Bertz CT molecular complexity index is 609. The second kappa shape index (κ2) is 5.16. The molecule has 1 aromatic heterocycles. The third kappa shape index (κ3) is 2.76. The minimum atomic E-state index is -0.389. The molecule has 1 heterocycles.